The summed E-state index contributed by atoms with van der Waals surface area (Å²) < 4.78 is 27.2. The average molecular weight is 374 g/mol. The van der Waals surface area contributed by atoms with Crippen molar-refractivity contribution in [3.8, 4) is 0 Å². The molecule has 4 rings (SSSR count). The second-order valence-corrected chi connectivity index (χ2v) is 8.91. The van der Waals surface area contributed by atoms with Crippen LogP contribution >= 0.6 is 11.8 Å². The number of anilines is 2. The Hall–Kier alpha value is -1.99. The molecule has 2 amide bonds. The summed E-state index contributed by atoms with van der Waals surface area (Å²) in [7, 11) is -3.93. The van der Waals surface area contributed by atoms with Crippen LogP contribution in [-0.4, -0.2) is 27.2 Å². The Kier molecular flexibility index (Phi) is 4.00. The second-order valence-electron chi connectivity index (χ2n) is 6.28. The van der Waals surface area contributed by atoms with Crippen molar-refractivity contribution < 1.29 is 13.2 Å². The van der Waals surface area contributed by atoms with Crippen LogP contribution in [0.4, 0.5) is 16.2 Å². The van der Waals surface area contributed by atoms with Gasteiger partial charge >= 0.3 is 6.03 Å². The number of para-hydroxylation sites is 1. The molecule has 0 aromatic heterocycles. The number of carbonyl (C=O) groups is 1. The topological polar surface area (TPSA) is 57.7 Å². The van der Waals surface area contributed by atoms with E-state index in [0.29, 0.717) is 23.8 Å². The van der Waals surface area contributed by atoms with E-state index in [9.17, 15) is 13.2 Å². The predicted molar refractivity (Wildman–Crippen MR) is 99.8 cm³/mol. The molecule has 2 aromatic carbocycles. The van der Waals surface area contributed by atoms with Gasteiger partial charge in [0.2, 0.25) is 0 Å². The van der Waals surface area contributed by atoms with E-state index in [-0.39, 0.29) is 4.90 Å². The zero-order valence-corrected chi connectivity index (χ0v) is 15.4. The van der Waals surface area contributed by atoms with E-state index in [1.165, 1.54) is 11.8 Å². The number of nitrogens with zero attached hydrogens (tertiary/aromatic N) is 2. The number of rotatable bonds is 4. The quantitative estimate of drug-likeness (QED) is 0.760. The SMILES string of the molecule is CSc1cccc(N2C(=O)N(CC3CC3)c3ccccc3S2(=O)=O)c1. The zero-order chi connectivity index (χ0) is 17.6. The van der Waals surface area contributed by atoms with Crippen molar-refractivity contribution in [1.82, 2.24) is 0 Å². The van der Waals surface area contributed by atoms with E-state index in [1.807, 2.05) is 12.3 Å². The van der Waals surface area contributed by atoms with Crippen molar-refractivity contribution in [1.29, 1.82) is 0 Å². The van der Waals surface area contributed by atoms with E-state index in [1.54, 1.807) is 47.4 Å². The van der Waals surface area contributed by atoms with Crippen molar-refractivity contribution in [2.45, 2.75) is 22.6 Å². The van der Waals surface area contributed by atoms with Gasteiger partial charge in [-0.05, 0) is 55.3 Å². The summed E-state index contributed by atoms with van der Waals surface area (Å²) in [5.41, 5.74) is 0.865. The molecule has 0 bridgehead atoms. The number of thioether (sulfide) groups is 1. The molecule has 7 heteroatoms. The highest BCUT2D eigenvalue weighted by Gasteiger charge is 2.43. The molecule has 0 N–H and O–H groups in total. The third-order valence-corrected chi connectivity index (χ3v) is 6.98. The molecule has 1 saturated carbocycles. The Morgan fingerprint density at radius 3 is 2.60 bits per heavy atom. The van der Waals surface area contributed by atoms with Crippen LogP contribution in [-0.2, 0) is 10.0 Å². The minimum Gasteiger partial charge on any atom is -0.292 e. The highest BCUT2D eigenvalue weighted by atomic mass is 32.2. The molecule has 1 aliphatic carbocycles. The summed E-state index contributed by atoms with van der Waals surface area (Å²) >= 11 is 1.51. The van der Waals surface area contributed by atoms with Crippen LogP contribution in [0.15, 0.2) is 58.3 Å². The fraction of sp³-hybridized carbons (Fsp3) is 0.278. The van der Waals surface area contributed by atoms with Gasteiger partial charge < -0.3 is 0 Å². The van der Waals surface area contributed by atoms with Crippen LogP contribution in [0.2, 0.25) is 0 Å². The maximum atomic E-state index is 13.1. The summed E-state index contributed by atoms with van der Waals surface area (Å²) in [5, 5.41) is 0. The standard InChI is InChI=1S/C18H18N2O3S2/c1-24-15-6-4-5-14(11-15)20-18(21)19(12-13-9-10-13)16-7-2-3-8-17(16)25(20,22)23/h2-8,11,13H,9-10,12H2,1H3. The van der Waals surface area contributed by atoms with Gasteiger partial charge in [0.15, 0.2) is 0 Å². The molecule has 1 heterocycles. The Morgan fingerprint density at radius 2 is 1.88 bits per heavy atom. The second kappa shape index (κ2) is 6.07. The fourth-order valence-corrected chi connectivity index (χ4v) is 5.07. The van der Waals surface area contributed by atoms with Gasteiger partial charge in [0.05, 0.1) is 11.4 Å². The highest BCUT2D eigenvalue weighted by Crippen LogP contribution is 2.40. The van der Waals surface area contributed by atoms with Crippen molar-refractivity contribution in [3.05, 3.63) is 48.5 Å². The van der Waals surface area contributed by atoms with Crippen LogP contribution in [0.5, 0.6) is 0 Å². The number of sulfonamides is 1. The van der Waals surface area contributed by atoms with Gasteiger partial charge in [-0.3, -0.25) is 4.90 Å². The molecule has 1 fully saturated rings. The minimum absolute atomic E-state index is 0.185. The lowest BCUT2D eigenvalue weighted by atomic mass is 10.2. The summed E-state index contributed by atoms with van der Waals surface area (Å²) in [4.78, 5) is 15.8. The Balaban J connectivity index is 1.87. The van der Waals surface area contributed by atoms with Gasteiger partial charge in [-0.2, -0.15) is 4.31 Å². The van der Waals surface area contributed by atoms with Gasteiger partial charge in [-0.25, -0.2) is 13.2 Å². The molecule has 0 unspecified atom stereocenters. The molecule has 0 saturated heterocycles. The Labute approximate surface area is 151 Å². The zero-order valence-electron chi connectivity index (χ0n) is 13.8. The molecule has 5 nitrogen and oxygen atoms in total. The van der Waals surface area contributed by atoms with Crippen molar-refractivity contribution >= 4 is 39.2 Å². The van der Waals surface area contributed by atoms with Crippen LogP contribution < -0.4 is 9.21 Å². The lowest BCUT2D eigenvalue weighted by molar-refractivity contribution is 0.253. The summed E-state index contributed by atoms with van der Waals surface area (Å²) in [6.45, 7) is 0.560. The summed E-state index contributed by atoms with van der Waals surface area (Å²) in [6.07, 6.45) is 4.08. The lowest BCUT2D eigenvalue weighted by Gasteiger charge is -2.36. The largest absolute Gasteiger partial charge is 0.343 e. The number of hydrogen-bond acceptors (Lipinski definition) is 4. The van der Waals surface area contributed by atoms with Crippen LogP contribution in [0.3, 0.4) is 0 Å². The highest BCUT2D eigenvalue weighted by molar-refractivity contribution is 7.98. The number of benzene rings is 2. The average Bonchev–Trinajstić information content (AvgIpc) is 3.43. The first-order chi connectivity index (χ1) is 12.0. The summed E-state index contributed by atoms with van der Waals surface area (Å²) in [5.74, 6) is 0.456. The molecule has 0 radical (unpaired) electrons. The number of amides is 2. The molecule has 25 heavy (non-hydrogen) atoms. The van der Waals surface area contributed by atoms with Gasteiger partial charge in [0.1, 0.15) is 4.90 Å². The van der Waals surface area contributed by atoms with Gasteiger partial charge in [-0.1, -0.05) is 18.2 Å². The lowest BCUT2D eigenvalue weighted by Crippen LogP contribution is -2.51. The normalized spacial score (nSPS) is 19.0. The smallest absolute Gasteiger partial charge is 0.292 e. The molecular formula is C18H18N2O3S2. The van der Waals surface area contributed by atoms with E-state index in [4.69, 9.17) is 0 Å². The van der Waals surface area contributed by atoms with E-state index >= 15 is 0 Å². The van der Waals surface area contributed by atoms with E-state index in [0.717, 1.165) is 22.0 Å². The first-order valence-electron chi connectivity index (χ1n) is 8.12. The van der Waals surface area contributed by atoms with E-state index in [2.05, 4.69) is 0 Å². The maximum Gasteiger partial charge on any atom is 0.343 e. The van der Waals surface area contributed by atoms with Crippen LogP contribution in [0.1, 0.15) is 12.8 Å². The number of fused-ring (bicyclic) bond motifs is 1. The first-order valence-corrected chi connectivity index (χ1v) is 10.8. The molecule has 0 spiro atoms. The van der Waals surface area contributed by atoms with E-state index < -0.39 is 16.1 Å². The third-order valence-electron chi connectivity index (χ3n) is 4.50. The molecular weight excluding hydrogens is 356 g/mol. The Bertz CT molecular complexity index is 939. The molecule has 1 aliphatic heterocycles. The van der Waals surface area contributed by atoms with Crippen molar-refractivity contribution in [2.75, 3.05) is 22.0 Å². The molecule has 2 aromatic rings. The maximum absolute atomic E-state index is 13.1. The first kappa shape index (κ1) is 16.5. The van der Waals surface area contributed by atoms with Gasteiger partial charge in [0.25, 0.3) is 10.0 Å². The summed E-state index contributed by atoms with van der Waals surface area (Å²) in [6, 6.07) is 13.3. The van der Waals surface area contributed by atoms with Crippen molar-refractivity contribution in [2.24, 2.45) is 5.92 Å². The monoisotopic (exact) mass is 374 g/mol. The molecule has 0 atom stereocenters. The fourth-order valence-electron chi connectivity index (χ4n) is 3.03. The number of hydrogen-bond donors (Lipinski definition) is 0. The van der Waals surface area contributed by atoms with Gasteiger partial charge in [0, 0.05) is 11.4 Å². The van der Waals surface area contributed by atoms with Gasteiger partial charge in [-0.15, -0.1) is 11.8 Å². The minimum atomic E-state index is -3.93. The molecule has 2 aliphatic rings. The number of urea groups is 1. The predicted octanol–water partition coefficient (Wildman–Crippen LogP) is 3.95. The number of carbonyl (C=O) groups excluding carboxylic acids is 1. The van der Waals surface area contributed by atoms with Crippen molar-refractivity contribution in [3.63, 3.8) is 0 Å². The third kappa shape index (κ3) is 2.81. The van der Waals surface area contributed by atoms with Crippen LogP contribution in [0.25, 0.3) is 0 Å². The molecule has 130 valence electrons. The Morgan fingerprint density at radius 1 is 1.12 bits per heavy atom. The van der Waals surface area contributed by atoms with Crippen LogP contribution in [0, 0.1) is 5.92 Å².